The molecule has 136 valence electrons. The fraction of sp³-hybridized carbons (Fsp3) is 0.294. The molecule has 0 spiro atoms. The topological polar surface area (TPSA) is 72.2 Å². The number of benzene rings is 1. The number of amides is 1. The van der Waals surface area contributed by atoms with Gasteiger partial charge in [-0.05, 0) is 44.0 Å². The van der Waals surface area contributed by atoms with Crippen LogP contribution in [0.4, 0.5) is 0 Å². The van der Waals surface area contributed by atoms with E-state index in [-0.39, 0.29) is 11.7 Å². The first kappa shape index (κ1) is 18.9. The maximum Gasteiger partial charge on any atom is 0.253 e. The van der Waals surface area contributed by atoms with E-state index in [1.165, 1.54) is 11.8 Å². The largest absolute Gasteiger partial charge is 0.355 e. The van der Waals surface area contributed by atoms with Crippen LogP contribution in [0.3, 0.4) is 0 Å². The molecular weight excluding hydrogens is 393 g/mol. The molecule has 1 amide bonds. The molecule has 0 saturated carbocycles. The van der Waals surface area contributed by atoms with Crippen molar-refractivity contribution in [3.05, 3.63) is 51.3 Å². The number of rotatable bonds is 6. The van der Waals surface area contributed by atoms with E-state index in [4.69, 9.17) is 23.2 Å². The number of fused-ring (bicyclic) bond motifs is 1. The quantitative estimate of drug-likeness (QED) is 0.630. The molecule has 9 heteroatoms. The van der Waals surface area contributed by atoms with Gasteiger partial charge in [0.15, 0.2) is 0 Å². The molecule has 2 aromatic heterocycles. The number of aromatic nitrogens is 4. The SMILES string of the molecule is Cc1cc(C)n2nc(SCC(=O)NCCc3ccc(Cl)cc3Cl)nc2n1. The molecule has 0 aliphatic heterocycles. The van der Waals surface area contributed by atoms with Gasteiger partial charge < -0.3 is 5.32 Å². The van der Waals surface area contributed by atoms with E-state index in [1.54, 1.807) is 16.6 Å². The van der Waals surface area contributed by atoms with Gasteiger partial charge in [0.2, 0.25) is 11.1 Å². The van der Waals surface area contributed by atoms with E-state index in [1.807, 2.05) is 26.0 Å². The van der Waals surface area contributed by atoms with Gasteiger partial charge in [-0.25, -0.2) is 9.50 Å². The van der Waals surface area contributed by atoms with E-state index in [0.29, 0.717) is 33.9 Å². The van der Waals surface area contributed by atoms with Crippen LogP contribution in [0.1, 0.15) is 17.0 Å². The molecule has 3 rings (SSSR count). The number of hydrogen-bond donors (Lipinski definition) is 1. The standard InChI is InChI=1S/C17H17Cl2N5OS/c1-10-7-11(2)24-16(21-10)22-17(23-24)26-9-15(25)20-6-5-12-3-4-13(18)8-14(12)19/h3-4,7-8H,5-6,9H2,1-2H3,(H,20,25). The summed E-state index contributed by atoms with van der Waals surface area (Å²) in [6, 6.07) is 7.28. The Morgan fingerprint density at radius 2 is 2.04 bits per heavy atom. The Hall–Kier alpha value is -1.83. The maximum absolute atomic E-state index is 12.0. The van der Waals surface area contributed by atoms with Crippen LogP contribution in [0.25, 0.3) is 5.78 Å². The molecule has 26 heavy (non-hydrogen) atoms. The molecule has 0 radical (unpaired) electrons. The minimum Gasteiger partial charge on any atom is -0.355 e. The van der Waals surface area contributed by atoms with Crippen molar-refractivity contribution in [3.63, 3.8) is 0 Å². The Labute approximate surface area is 165 Å². The summed E-state index contributed by atoms with van der Waals surface area (Å²) in [5, 5.41) is 8.97. The minimum absolute atomic E-state index is 0.0835. The van der Waals surface area contributed by atoms with E-state index in [0.717, 1.165) is 17.0 Å². The van der Waals surface area contributed by atoms with Gasteiger partial charge in [-0.15, -0.1) is 5.10 Å². The molecule has 0 aliphatic carbocycles. The molecule has 6 nitrogen and oxygen atoms in total. The average Bonchev–Trinajstić information content (AvgIpc) is 2.98. The molecule has 3 aromatic rings. The van der Waals surface area contributed by atoms with Crippen LogP contribution < -0.4 is 5.32 Å². The lowest BCUT2D eigenvalue weighted by atomic mass is 10.1. The lowest BCUT2D eigenvalue weighted by Crippen LogP contribution is -2.27. The van der Waals surface area contributed by atoms with Gasteiger partial charge in [-0.1, -0.05) is 41.0 Å². The Morgan fingerprint density at radius 1 is 1.23 bits per heavy atom. The summed E-state index contributed by atoms with van der Waals surface area (Å²) in [5.74, 6) is 0.700. The second-order valence-electron chi connectivity index (χ2n) is 5.77. The number of halogens is 2. The highest BCUT2D eigenvalue weighted by atomic mass is 35.5. The zero-order valence-corrected chi connectivity index (χ0v) is 16.6. The van der Waals surface area contributed by atoms with Crippen LogP contribution in [-0.2, 0) is 11.2 Å². The van der Waals surface area contributed by atoms with Crippen LogP contribution in [0.5, 0.6) is 0 Å². The van der Waals surface area contributed by atoms with E-state index in [9.17, 15) is 4.79 Å². The van der Waals surface area contributed by atoms with Crippen molar-refractivity contribution in [2.75, 3.05) is 12.3 Å². The zero-order valence-electron chi connectivity index (χ0n) is 14.3. The highest BCUT2D eigenvalue weighted by Gasteiger charge is 2.10. The summed E-state index contributed by atoms with van der Waals surface area (Å²) < 4.78 is 1.68. The van der Waals surface area contributed by atoms with Crippen molar-refractivity contribution in [1.29, 1.82) is 0 Å². The van der Waals surface area contributed by atoms with Gasteiger partial charge in [0.05, 0.1) is 5.75 Å². The normalized spacial score (nSPS) is 11.1. The lowest BCUT2D eigenvalue weighted by Gasteiger charge is -2.06. The Kier molecular flexibility index (Phi) is 6.01. The van der Waals surface area contributed by atoms with Crippen molar-refractivity contribution in [3.8, 4) is 0 Å². The number of carbonyl (C=O) groups is 1. The fourth-order valence-electron chi connectivity index (χ4n) is 2.45. The first-order valence-electron chi connectivity index (χ1n) is 7.97. The zero-order chi connectivity index (χ0) is 18.7. The number of aryl methyl sites for hydroxylation is 2. The number of carbonyl (C=O) groups excluding carboxylic acids is 1. The number of nitrogens with one attached hydrogen (secondary N) is 1. The molecule has 1 N–H and O–H groups in total. The fourth-order valence-corrected chi connectivity index (χ4v) is 3.60. The maximum atomic E-state index is 12.0. The summed E-state index contributed by atoms with van der Waals surface area (Å²) in [7, 11) is 0. The third-order valence-electron chi connectivity index (χ3n) is 3.66. The highest BCUT2D eigenvalue weighted by Crippen LogP contribution is 2.21. The van der Waals surface area contributed by atoms with Crippen molar-refractivity contribution in [2.24, 2.45) is 0 Å². The number of nitrogens with zero attached hydrogens (tertiary/aromatic N) is 4. The summed E-state index contributed by atoms with van der Waals surface area (Å²) in [6.07, 6.45) is 0.640. The smallest absolute Gasteiger partial charge is 0.253 e. The summed E-state index contributed by atoms with van der Waals surface area (Å²) in [5.41, 5.74) is 2.79. The van der Waals surface area contributed by atoms with Gasteiger partial charge in [-0.2, -0.15) is 4.98 Å². The molecule has 0 saturated heterocycles. The van der Waals surface area contributed by atoms with E-state index < -0.39 is 0 Å². The summed E-state index contributed by atoms with van der Waals surface area (Å²) >= 11 is 13.3. The van der Waals surface area contributed by atoms with E-state index in [2.05, 4.69) is 20.4 Å². The van der Waals surface area contributed by atoms with Gasteiger partial charge in [0, 0.05) is 28.0 Å². The molecule has 0 aliphatic rings. The van der Waals surface area contributed by atoms with Gasteiger partial charge in [0.25, 0.3) is 5.78 Å². The lowest BCUT2D eigenvalue weighted by molar-refractivity contribution is -0.118. The highest BCUT2D eigenvalue weighted by molar-refractivity contribution is 7.99. The molecule has 0 bridgehead atoms. The molecular formula is C17H17Cl2N5OS. The second kappa shape index (κ2) is 8.24. The van der Waals surface area contributed by atoms with Gasteiger partial charge in [-0.3, -0.25) is 4.79 Å². The molecule has 2 heterocycles. The third-order valence-corrected chi connectivity index (χ3v) is 5.09. The van der Waals surface area contributed by atoms with Crippen LogP contribution in [-0.4, -0.2) is 37.8 Å². The minimum atomic E-state index is -0.0835. The van der Waals surface area contributed by atoms with Crippen LogP contribution in [0.15, 0.2) is 29.4 Å². The Morgan fingerprint density at radius 3 is 2.81 bits per heavy atom. The molecule has 0 atom stereocenters. The predicted octanol–water partition coefficient (Wildman–Crippen LogP) is 3.50. The van der Waals surface area contributed by atoms with E-state index >= 15 is 0 Å². The average molecular weight is 410 g/mol. The van der Waals surface area contributed by atoms with Crippen molar-refractivity contribution in [1.82, 2.24) is 24.9 Å². The van der Waals surface area contributed by atoms with Crippen LogP contribution >= 0.6 is 35.0 Å². The van der Waals surface area contributed by atoms with Gasteiger partial charge >= 0.3 is 0 Å². The van der Waals surface area contributed by atoms with Crippen molar-refractivity contribution >= 4 is 46.6 Å². The summed E-state index contributed by atoms with van der Waals surface area (Å²) in [6.45, 7) is 4.35. The summed E-state index contributed by atoms with van der Waals surface area (Å²) in [4.78, 5) is 20.7. The van der Waals surface area contributed by atoms with Crippen LogP contribution in [0, 0.1) is 13.8 Å². The third kappa shape index (κ3) is 4.66. The molecule has 0 unspecified atom stereocenters. The predicted molar refractivity (Wildman–Crippen MR) is 104 cm³/mol. The van der Waals surface area contributed by atoms with Crippen molar-refractivity contribution < 1.29 is 4.79 Å². The Balaban J connectivity index is 1.50. The van der Waals surface area contributed by atoms with Crippen molar-refractivity contribution in [2.45, 2.75) is 25.4 Å². The number of thioether (sulfide) groups is 1. The van der Waals surface area contributed by atoms with Gasteiger partial charge in [0.1, 0.15) is 0 Å². The first-order valence-corrected chi connectivity index (χ1v) is 9.71. The molecule has 0 fully saturated rings. The first-order chi connectivity index (χ1) is 12.4. The monoisotopic (exact) mass is 409 g/mol. The Bertz CT molecular complexity index is 960. The van der Waals surface area contributed by atoms with Crippen LogP contribution in [0.2, 0.25) is 10.0 Å². The number of hydrogen-bond acceptors (Lipinski definition) is 5. The second-order valence-corrected chi connectivity index (χ2v) is 7.56. The molecule has 1 aromatic carbocycles.